The van der Waals surface area contributed by atoms with Gasteiger partial charge in [-0.1, -0.05) is 48.5 Å². The number of carboxylic acids is 1. The number of benzene rings is 3. The van der Waals surface area contributed by atoms with E-state index in [4.69, 9.17) is 0 Å². The monoisotopic (exact) mass is 460 g/mol. The van der Waals surface area contributed by atoms with Crippen LogP contribution in [0.15, 0.2) is 66.7 Å². The molecule has 34 heavy (non-hydrogen) atoms. The molecule has 1 amide bonds. The van der Waals surface area contributed by atoms with E-state index in [-0.39, 0.29) is 24.2 Å². The number of hydrogen-bond donors (Lipinski definition) is 1. The van der Waals surface area contributed by atoms with Crippen molar-refractivity contribution in [2.75, 3.05) is 32.7 Å². The molecule has 1 N–H and O–H groups in total. The smallest absolute Gasteiger partial charge is 0.308 e. The van der Waals surface area contributed by atoms with Gasteiger partial charge in [-0.3, -0.25) is 9.59 Å². The Balaban J connectivity index is 1.25. The molecule has 2 atom stereocenters. The van der Waals surface area contributed by atoms with Crippen molar-refractivity contribution in [3.05, 3.63) is 83.7 Å². The Morgan fingerprint density at radius 2 is 1.62 bits per heavy atom. The molecule has 3 aromatic carbocycles. The van der Waals surface area contributed by atoms with E-state index in [2.05, 4.69) is 4.90 Å². The highest BCUT2D eigenvalue weighted by Crippen LogP contribution is 2.32. The van der Waals surface area contributed by atoms with Crippen LogP contribution in [0.2, 0.25) is 0 Å². The van der Waals surface area contributed by atoms with Crippen LogP contribution in [0.25, 0.3) is 10.8 Å². The van der Waals surface area contributed by atoms with E-state index in [1.54, 1.807) is 4.90 Å². The van der Waals surface area contributed by atoms with E-state index in [9.17, 15) is 19.1 Å². The summed E-state index contributed by atoms with van der Waals surface area (Å²) in [5.74, 6) is -1.41. The summed E-state index contributed by atoms with van der Waals surface area (Å²) >= 11 is 0. The topological polar surface area (TPSA) is 60.9 Å². The Bertz CT molecular complexity index is 1180. The lowest BCUT2D eigenvalue weighted by Gasteiger charge is -2.34. The summed E-state index contributed by atoms with van der Waals surface area (Å²) in [6.45, 7) is 3.13. The molecule has 2 heterocycles. The van der Waals surface area contributed by atoms with Crippen LogP contribution in [0.5, 0.6) is 0 Å². The molecule has 2 aliphatic heterocycles. The van der Waals surface area contributed by atoms with E-state index in [1.807, 2.05) is 54.6 Å². The third kappa shape index (κ3) is 4.55. The van der Waals surface area contributed by atoms with Gasteiger partial charge in [0.2, 0.25) is 0 Å². The SMILES string of the molecule is O=C(O)C1CN(C(=O)c2cccc3ccccc23)C[C@H]1CN1CCC(c2ccc(F)cc2)CC1. The molecular weight excluding hydrogens is 431 g/mol. The van der Waals surface area contributed by atoms with Gasteiger partial charge in [0.1, 0.15) is 5.82 Å². The molecule has 3 aromatic rings. The van der Waals surface area contributed by atoms with Crippen molar-refractivity contribution in [2.24, 2.45) is 11.8 Å². The fraction of sp³-hybridized carbons (Fsp3) is 0.357. The van der Waals surface area contributed by atoms with Crippen LogP contribution in [0, 0.1) is 17.7 Å². The number of rotatable bonds is 5. The molecule has 2 aliphatic rings. The molecule has 2 fully saturated rings. The van der Waals surface area contributed by atoms with Gasteiger partial charge in [-0.25, -0.2) is 4.39 Å². The normalized spacial score (nSPS) is 21.7. The number of aliphatic carboxylic acids is 1. The molecule has 1 unspecified atom stereocenters. The van der Waals surface area contributed by atoms with E-state index in [1.165, 1.54) is 12.1 Å². The van der Waals surface area contributed by atoms with E-state index >= 15 is 0 Å². The number of nitrogens with zero attached hydrogens (tertiary/aromatic N) is 2. The quantitative estimate of drug-likeness (QED) is 0.603. The van der Waals surface area contributed by atoms with Crippen molar-refractivity contribution >= 4 is 22.6 Å². The number of fused-ring (bicyclic) bond motifs is 1. The molecule has 0 saturated carbocycles. The van der Waals surface area contributed by atoms with Gasteiger partial charge < -0.3 is 14.9 Å². The second-order valence-electron chi connectivity index (χ2n) is 9.57. The molecule has 6 heteroatoms. The van der Waals surface area contributed by atoms with Gasteiger partial charge in [-0.05, 0) is 66.4 Å². The van der Waals surface area contributed by atoms with Crippen LogP contribution in [0.3, 0.4) is 0 Å². The molecular formula is C28H29FN2O3. The van der Waals surface area contributed by atoms with Gasteiger partial charge >= 0.3 is 5.97 Å². The number of hydrogen-bond acceptors (Lipinski definition) is 3. The summed E-state index contributed by atoms with van der Waals surface area (Å²) in [5, 5.41) is 11.8. The van der Waals surface area contributed by atoms with Gasteiger partial charge in [-0.15, -0.1) is 0 Å². The second kappa shape index (κ2) is 9.55. The largest absolute Gasteiger partial charge is 0.481 e. The standard InChI is InChI=1S/C28H29FN2O3/c29-23-10-8-19(9-11-23)20-12-14-30(15-13-20)16-22-17-31(18-26(22)28(33)34)27(32)25-7-3-5-21-4-1-2-6-24(21)25/h1-11,20,22,26H,12-18H2,(H,33,34)/t22-,26?/m1/s1. The Morgan fingerprint density at radius 1 is 0.912 bits per heavy atom. The van der Waals surface area contributed by atoms with Crippen molar-refractivity contribution in [1.29, 1.82) is 0 Å². The minimum absolute atomic E-state index is 0.0967. The maximum absolute atomic E-state index is 13.4. The predicted octanol–water partition coefficient (Wildman–Crippen LogP) is 4.63. The third-order valence-corrected chi connectivity index (χ3v) is 7.49. The number of carbonyl (C=O) groups is 2. The van der Waals surface area contributed by atoms with Crippen LogP contribution in [0.1, 0.15) is 34.7 Å². The zero-order chi connectivity index (χ0) is 23.7. The van der Waals surface area contributed by atoms with Crippen molar-refractivity contribution in [1.82, 2.24) is 9.80 Å². The number of likely N-dealkylation sites (tertiary alicyclic amines) is 2. The van der Waals surface area contributed by atoms with E-state index in [0.29, 0.717) is 24.6 Å². The third-order valence-electron chi connectivity index (χ3n) is 7.49. The average Bonchev–Trinajstić information content (AvgIpc) is 3.28. The number of carbonyl (C=O) groups excluding carboxylic acids is 1. The van der Waals surface area contributed by atoms with Crippen LogP contribution in [0.4, 0.5) is 4.39 Å². The van der Waals surface area contributed by atoms with Crippen LogP contribution >= 0.6 is 0 Å². The molecule has 0 spiro atoms. The zero-order valence-electron chi connectivity index (χ0n) is 19.1. The number of halogens is 1. The Kier molecular flexibility index (Phi) is 6.33. The van der Waals surface area contributed by atoms with E-state index < -0.39 is 11.9 Å². The zero-order valence-corrected chi connectivity index (χ0v) is 19.1. The fourth-order valence-electron chi connectivity index (χ4n) is 5.60. The minimum atomic E-state index is -0.834. The first-order chi connectivity index (χ1) is 16.5. The first-order valence-corrected chi connectivity index (χ1v) is 12.0. The van der Waals surface area contributed by atoms with Crippen LogP contribution < -0.4 is 0 Å². The predicted molar refractivity (Wildman–Crippen MR) is 129 cm³/mol. The average molecular weight is 461 g/mol. The van der Waals surface area contributed by atoms with Gasteiger partial charge in [0.15, 0.2) is 0 Å². The summed E-state index contributed by atoms with van der Waals surface area (Å²) in [5.41, 5.74) is 1.79. The summed E-state index contributed by atoms with van der Waals surface area (Å²) in [7, 11) is 0. The van der Waals surface area contributed by atoms with Gasteiger partial charge in [-0.2, -0.15) is 0 Å². The van der Waals surface area contributed by atoms with Crippen molar-refractivity contribution in [3.63, 3.8) is 0 Å². The van der Waals surface area contributed by atoms with Crippen LogP contribution in [-0.2, 0) is 4.79 Å². The lowest BCUT2D eigenvalue weighted by molar-refractivity contribution is -0.142. The lowest BCUT2D eigenvalue weighted by atomic mass is 9.88. The summed E-state index contributed by atoms with van der Waals surface area (Å²) < 4.78 is 13.2. The van der Waals surface area contributed by atoms with Crippen molar-refractivity contribution in [2.45, 2.75) is 18.8 Å². The fourth-order valence-corrected chi connectivity index (χ4v) is 5.60. The molecule has 5 nitrogen and oxygen atoms in total. The lowest BCUT2D eigenvalue weighted by Crippen LogP contribution is -2.39. The van der Waals surface area contributed by atoms with Gasteiger partial charge in [0, 0.05) is 31.1 Å². The van der Waals surface area contributed by atoms with Crippen LogP contribution in [-0.4, -0.2) is 59.5 Å². The second-order valence-corrected chi connectivity index (χ2v) is 9.57. The molecule has 0 aliphatic carbocycles. The highest BCUT2D eigenvalue weighted by atomic mass is 19.1. The molecule has 5 rings (SSSR count). The Labute approximate surface area is 198 Å². The minimum Gasteiger partial charge on any atom is -0.481 e. The van der Waals surface area contributed by atoms with Gasteiger partial charge in [0.25, 0.3) is 5.91 Å². The molecule has 0 radical (unpaired) electrons. The number of carboxylic acid groups (broad SMARTS) is 1. The van der Waals surface area contributed by atoms with E-state index in [0.717, 1.165) is 42.3 Å². The summed E-state index contributed by atoms with van der Waals surface area (Å²) in [6.07, 6.45) is 1.93. The first kappa shape index (κ1) is 22.5. The maximum atomic E-state index is 13.4. The van der Waals surface area contributed by atoms with Crippen molar-refractivity contribution < 1.29 is 19.1 Å². The summed E-state index contributed by atoms with van der Waals surface area (Å²) in [6, 6.07) is 20.2. The number of piperidine rings is 1. The highest BCUT2D eigenvalue weighted by Gasteiger charge is 2.41. The van der Waals surface area contributed by atoms with Gasteiger partial charge in [0.05, 0.1) is 5.92 Å². The molecule has 0 aromatic heterocycles. The highest BCUT2D eigenvalue weighted by molar-refractivity contribution is 6.07. The number of amides is 1. The molecule has 0 bridgehead atoms. The Morgan fingerprint density at radius 3 is 2.35 bits per heavy atom. The first-order valence-electron chi connectivity index (χ1n) is 12.0. The van der Waals surface area contributed by atoms with Crippen molar-refractivity contribution in [3.8, 4) is 0 Å². The molecule has 176 valence electrons. The molecule has 2 saturated heterocycles. The Hall–Kier alpha value is -3.25. The maximum Gasteiger partial charge on any atom is 0.308 e. The summed E-state index contributed by atoms with van der Waals surface area (Å²) in [4.78, 5) is 29.5.